The van der Waals surface area contributed by atoms with E-state index in [0.717, 1.165) is 22.3 Å². The highest BCUT2D eigenvalue weighted by Crippen LogP contribution is 2.45. The van der Waals surface area contributed by atoms with Crippen molar-refractivity contribution in [2.75, 3.05) is 0 Å². The van der Waals surface area contributed by atoms with Gasteiger partial charge in [-0.25, -0.2) is 0 Å². The first-order valence-electron chi connectivity index (χ1n) is 9.39. The maximum absolute atomic E-state index is 13.2. The minimum atomic E-state index is -1.19. The quantitative estimate of drug-likeness (QED) is 0.631. The van der Waals surface area contributed by atoms with Crippen molar-refractivity contribution < 1.29 is 14.4 Å². The molecule has 0 radical (unpaired) electrons. The highest BCUT2D eigenvalue weighted by molar-refractivity contribution is 6.31. The predicted molar refractivity (Wildman–Crippen MR) is 112 cm³/mol. The molecule has 4 heteroatoms. The predicted octanol–water partition coefficient (Wildman–Crippen LogP) is 5.48. The Morgan fingerprint density at radius 2 is 1.36 bits per heavy atom. The lowest BCUT2D eigenvalue weighted by Crippen LogP contribution is -2.56. The molecule has 2 aromatic carbocycles. The minimum Gasteiger partial charge on any atom is -0.298 e. The maximum atomic E-state index is 13.2. The van der Waals surface area contributed by atoms with Crippen LogP contribution in [0, 0.1) is 24.7 Å². The Labute approximate surface area is 171 Å². The molecule has 28 heavy (non-hydrogen) atoms. The van der Waals surface area contributed by atoms with Crippen LogP contribution in [0.2, 0.25) is 5.02 Å². The molecule has 0 saturated heterocycles. The van der Waals surface area contributed by atoms with Gasteiger partial charge in [0, 0.05) is 5.02 Å². The van der Waals surface area contributed by atoms with Crippen LogP contribution in [0.4, 0.5) is 0 Å². The van der Waals surface area contributed by atoms with Crippen molar-refractivity contribution in [2.45, 2.75) is 47.5 Å². The second-order valence-electron chi connectivity index (χ2n) is 8.77. The Hall–Kier alpha value is -2.26. The molecule has 146 valence electrons. The molecule has 1 fully saturated rings. The highest BCUT2D eigenvalue weighted by Gasteiger charge is 2.58. The lowest BCUT2D eigenvalue weighted by Gasteiger charge is -2.41. The molecule has 1 aliphatic carbocycles. The molecule has 3 nitrogen and oxygen atoms in total. The van der Waals surface area contributed by atoms with Crippen molar-refractivity contribution in [3.8, 4) is 11.1 Å². The zero-order valence-corrected chi connectivity index (χ0v) is 17.9. The van der Waals surface area contributed by atoms with E-state index in [1.165, 1.54) is 0 Å². The average molecular weight is 397 g/mol. The Kier molecular flexibility index (Phi) is 4.87. The summed E-state index contributed by atoms with van der Waals surface area (Å²) in [5.74, 6) is -1.89. The number of Topliss-reactive ketones (excluding diaryl/α,β-unsaturated/α-hetero) is 3. The number of hydrogen-bond donors (Lipinski definition) is 0. The second-order valence-corrected chi connectivity index (χ2v) is 9.21. The van der Waals surface area contributed by atoms with E-state index in [0.29, 0.717) is 10.6 Å². The summed E-state index contributed by atoms with van der Waals surface area (Å²) < 4.78 is 0. The summed E-state index contributed by atoms with van der Waals surface area (Å²) in [6.45, 7) is 10.4. The van der Waals surface area contributed by atoms with Gasteiger partial charge in [0.05, 0.1) is 10.8 Å². The van der Waals surface area contributed by atoms with Crippen LogP contribution in [0.1, 0.15) is 50.3 Å². The maximum Gasteiger partial charge on any atom is 0.160 e. The number of rotatable bonds is 2. The largest absolute Gasteiger partial charge is 0.298 e. The summed E-state index contributed by atoms with van der Waals surface area (Å²) >= 11 is 6.08. The number of carbonyl (C=O) groups excluding carboxylic acids is 3. The molecule has 0 bridgehead atoms. The lowest BCUT2D eigenvalue weighted by molar-refractivity contribution is -0.157. The Morgan fingerprint density at radius 3 is 1.89 bits per heavy atom. The Balaban J connectivity index is 2.19. The monoisotopic (exact) mass is 396 g/mol. The van der Waals surface area contributed by atoms with Gasteiger partial charge in [0.2, 0.25) is 0 Å². The highest BCUT2D eigenvalue weighted by atomic mass is 35.5. The molecule has 0 aliphatic heterocycles. The van der Waals surface area contributed by atoms with E-state index in [1.807, 2.05) is 50.2 Å². The summed E-state index contributed by atoms with van der Waals surface area (Å²) in [5.41, 5.74) is 2.08. The van der Waals surface area contributed by atoms with Crippen molar-refractivity contribution >= 4 is 29.0 Å². The third-order valence-corrected chi connectivity index (χ3v) is 6.22. The molecule has 2 aromatic rings. The normalized spacial score (nSPS) is 19.2. The molecule has 0 unspecified atom stereocenters. The molecule has 0 aromatic heterocycles. The summed E-state index contributed by atoms with van der Waals surface area (Å²) in [5, 5.41) is 0.660. The van der Waals surface area contributed by atoms with Gasteiger partial charge in [-0.2, -0.15) is 0 Å². The van der Waals surface area contributed by atoms with Crippen molar-refractivity contribution in [3.63, 3.8) is 0 Å². The number of halogens is 1. The topological polar surface area (TPSA) is 51.2 Å². The van der Waals surface area contributed by atoms with Gasteiger partial charge in [-0.05, 0) is 87.6 Å². The SMILES string of the molecule is Cc1cc(Cl)ccc1-c1ccc(C)c(C2C(=O)C(C)(C)C(=O)C(C)(C)C2=O)c1. The van der Waals surface area contributed by atoms with Crippen LogP contribution in [0.5, 0.6) is 0 Å². The fourth-order valence-electron chi connectivity index (χ4n) is 4.20. The van der Waals surface area contributed by atoms with Crippen molar-refractivity contribution in [1.82, 2.24) is 0 Å². The summed E-state index contributed by atoms with van der Waals surface area (Å²) in [6, 6.07) is 11.5. The van der Waals surface area contributed by atoms with Crippen LogP contribution >= 0.6 is 11.6 Å². The third-order valence-electron chi connectivity index (χ3n) is 5.98. The van der Waals surface area contributed by atoms with E-state index in [9.17, 15) is 14.4 Å². The van der Waals surface area contributed by atoms with Gasteiger partial charge in [-0.15, -0.1) is 0 Å². The van der Waals surface area contributed by atoms with Crippen LogP contribution in [-0.2, 0) is 14.4 Å². The molecular weight excluding hydrogens is 372 g/mol. The number of aryl methyl sites for hydroxylation is 2. The van der Waals surface area contributed by atoms with E-state index in [4.69, 9.17) is 11.6 Å². The van der Waals surface area contributed by atoms with E-state index >= 15 is 0 Å². The van der Waals surface area contributed by atoms with Crippen LogP contribution in [0.3, 0.4) is 0 Å². The smallest absolute Gasteiger partial charge is 0.160 e. The van der Waals surface area contributed by atoms with Gasteiger partial charge in [0.1, 0.15) is 5.92 Å². The molecular formula is C24H25ClO3. The number of hydrogen-bond acceptors (Lipinski definition) is 3. The van der Waals surface area contributed by atoms with E-state index in [2.05, 4.69) is 0 Å². The standard InChI is InChI=1S/C24H25ClO3/c1-13-7-8-15(17-10-9-16(25)11-14(17)2)12-18(13)19-20(26)23(3,4)22(28)24(5,6)21(19)27/h7-12,19H,1-6H3. The van der Waals surface area contributed by atoms with Gasteiger partial charge in [0.15, 0.2) is 17.3 Å². The van der Waals surface area contributed by atoms with Crippen molar-refractivity contribution in [2.24, 2.45) is 10.8 Å². The van der Waals surface area contributed by atoms with Crippen LogP contribution in [0.25, 0.3) is 11.1 Å². The summed E-state index contributed by atoms with van der Waals surface area (Å²) in [4.78, 5) is 39.2. The number of benzene rings is 2. The van der Waals surface area contributed by atoms with Gasteiger partial charge in [-0.1, -0.05) is 29.8 Å². The van der Waals surface area contributed by atoms with Crippen LogP contribution < -0.4 is 0 Å². The van der Waals surface area contributed by atoms with E-state index in [-0.39, 0.29) is 17.3 Å². The molecule has 0 N–H and O–H groups in total. The first-order valence-corrected chi connectivity index (χ1v) is 9.77. The van der Waals surface area contributed by atoms with Crippen molar-refractivity contribution in [3.05, 3.63) is 58.1 Å². The molecule has 3 rings (SSSR count). The fraction of sp³-hybridized carbons (Fsp3) is 0.375. The number of carbonyl (C=O) groups is 3. The molecule has 0 heterocycles. The van der Waals surface area contributed by atoms with Gasteiger partial charge >= 0.3 is 0 Å². The zero-order valence-electron chi connectivity index (χ0n) is 17.1. The molecule has 1 saturated carbocycles. The third kappa shape index (κ3) is 3.02. The first-order chi connectivity index (χ1) is 12.9. The fourth-order valence-corrected chi connectivity index (χ4v) is 4.42. The average Bonchev–Trinajstić information content (AvgIpc) is 2.61. The summed E-state index contributed by atoms with van der Waals surface area (Å²) in [7, 11) is 0. The first kappa shape index (κ1) is 20.5. The van der Waals surface area contributed by atoms with Crippen LogP contribution in [-0.4, -0.2) is 17.3 Å². The van der Waals surface area contributed by atoms with Gasteiger partial charge in [-0.3, -0.25) is 14.4 Å². The van der Waals surface area contributed by atoms with Crippen LogP contribution in [0.15, 0.2) is 36.4 Å². The Morgan fingerprint density at radius 1 is 0.786 bits per heavy atom. The Bertz CT molecular complexity index is 985. The second kappa shape index (κ2) is 6.66. The zero-order chi connectivity index (χ0) is 21.0. The molecule has 0 amide bonds. The van der Waals surface area contributed by atoms with E-state index in [1.54, 1.807) is 27.7 Å². The lowest BCUT2D eigenvalue weighted by atomic mass is 9.57. The van der Waals surface area contributed by atoms with Crippen molar-refractivity contribution in [1.29, 1.82) is 0 Å². The molecule has 0 spiro atoms. The molecule has 0 atom stereocenters. The van der Waals surface area contributed by atoms with Gasteiger partial charge < -0.3 is 0 Å². The number of ketones is 3. The summed E-state index contributed by atoms with van der Waals surface area (Å²) in [6.07, 6.45) is 0. The van der Waals surface area contributed by atoms with E-state index < -0.39 is 16.7 Å². The minimum absolute atomic E-state index is 0.311. The molecule has 1 aliphatic rings. The van der Waals surface area contributed by atoms with Gasteiger partial charge in [0.25, 0.3) is 0 Å².